The Morgan fingerprint density at radius 1 is 1.38 bits per heavy atom. The Morgan fingerprint density at radius 3 is 2.79 bits per heavy atom. The van der Waals surface area contributed by atoms with Gasteiger partial charge in [-0.15, -0.1) is 0 Å². The maximum absolute atomic E-state index is 12.5. The Hall–Kier alpha value is -2.08. The molecule has 2 N–H and O–H groups in total. The number of urea groups is 1. The molecule has 6 heteroatoms. The molecule has 1 saturated heterocycles. The normalized spacial score (nSPS) is 21.9. The lowest BCUT2D eigenvalue weighted by Gasteiger charge is -2.37. The molecular weight excluding hydrogens is 306 g/mol. The minimum absolute atomic E-state index is 0.0489. The maximum atomic E-state index is 12.5. The van der Waals surface area contributed by atoms with E-state index in [1.54, 1.807) is 0 Å². The molecule has 24 heavy (non-hydrogen) atoms. The lowest BCUT2D eigenvalue weighted by atomic mass is 10.1. The van der Waals surface area contributed by atoms with Gasteiger partial charge >= 0.3 is 6.03 Å². The van der Waals surface area contributed by atoms with Gasteiger partial charge < -0.3 is 20.3 Å². The van der Waals surface area contributed by atoms with Crippen molar-refractivity contribution in [3.8, 4) is 0 Å². The molecule has 2 rings (SSSR count). The highest BCUT2D eigenvalue weighted by Crippen LogP contribution is 2.19. The molecule has 0 radical (unpaired) electrons. The van der Waals surface area contributed by atoms with Crippen molar-refractivity contribution in [3.63, 3.8) is 0 Å². The second-order valence-electron chi connectivity index (χ2n) is 6.36. The molecule has 0 unspecified atom stereocenters. The molecule has 6 nitrogen and oxygen atoms in total. The van der Waals surface area contributed by atoms with E-state index in [0.717, 1.165) is 17.7 Å². The fraction of sp³-hybridized carbons (Fsp3) is 0.556. The zero-order valence-electron chi connectivity index (χ0n) is 14.8. The molecule has 0 aromatic heterocycles. The molecule has 0 saturated carbocycles. The molecule has 1 fully saturated rings. The molecule has 1 aromatic carbocycles. The standard InChI is InChI=1S/C18H27N3O3/c1-5-17-11-21(10-12(2)24-17)18(23)19-13(3)15-7-6-8-16(9-15)20-14(4)22/h6-9,12-13,17H,5,10-11H2,1-4H3,(H,19,23)(H,20,22)/t12-,13-,17+/m0/s1. The van der Waals surface area contributed by atoms with Crippen LogP contribution in [-0.4, -0.2) is 42.1 Å². The third-order valence-electron chi connectivity index (χ3n) is 4.12. The van der Waals surface area contributed by atoms with Crippen LogP contribution in [0.2, 0.25) is 0 Å². The molecule has 3 atom stereocenters. The summed E-state index contributed by atoms with van der Waals surface area (Å²) in [7, 11) is 0. The number of hydrogen-bond acceptors (Lipinski definition) is 3. The van der Waals surface area contributed by atoms with Gasteiger partial charge in [0.15, 0.2) is 0 Å². The quantitative estimate of drug-likeness (QED) is 0.890. The van der Waals surface area contributed by atoms with Crippen molar-refractivity contribution in [1.82, 2.24) is 10.2 Å². The summed E-state index contributed by atoms with van der Waals surface area (Å²) in [4.78, 5) is 25.5. The van der Waals surface area contributed by atoms with Gasteiger partial charge in [0.05, 0.1) is 18.2 Å². The molecule has 1 aromatic rings. The summed E-state index contributed by atoms with van der Waals surface area (Å²) in [5, 5.41) is 5.79. The molecule has 0 spiro atoms. The highest BCUT2D eigenvalue weighted by Gasteiger charge is 2.28. The fourth-order valence-corrected chi connectivity index (χ4v) is 2.89. The van der Waals surface area contributed by atoms with E-state index < -0.39 is 0 Å². The first-order valence-corrected chi connectivity index (χ1v) is 8.47. The molecule has 1 aliphatic rings. The van der Waals surface area contributed by atoms with Crippen LogP contribution in [0.25, 0.3) is 0 Å². The van der Waals surface area contributed by atoms with Gasteiger partial charge in [-0.1, -0.05) is 19.1 Å². The monoisotopic (exact) mass is 333 g/mol. The Labute approximate surface area is 143 Å². The zero-order chi connectivity index (χ0) is 17.7. The van der Waals surface area contributed by atoms with Crippen molar-refractivity contribution >= 4 is 17.6 Å². The van der Waals surface area contributed by atoms with Gasteiger partial charge in [-0.2, -0.15) is 0 Å². The average molecular weight is 333 g/mol. The first kappa shape index (κ1) is 18.3. The van der Waals surface area contributed by atoms with E-state index >= 15 is 0 Å². The van der Waals surface area contributed by atoms with Crippen LogP contribution >= 0.6 is 0 Å². The fourth-order valence-electron chi connectivity index (χ4n) is 2.89. The molecule has 132 valence electrons. The first-order chi connectivity index (χ1) is 11.4. The van der Waals surface area contributed by atoms with Crippen LogP contribution in [-0.2, 0) is 9.53 Å². The first-order valence-electron chi connectivity index (χ1n) is 8.47. The van der Waals surface area contributed by atoms with Gasteiger partial charge in [0.25, 0.3) is 0 Å². The van der Waals surface area contributed by atoms with E-state index in [1.807, 2.05) is 43.0 Å². The van der Waals surface area contributed by atoms with E-state index in [1.165, 1.54) is 6.92 Å². The summed E-state index contributed by atoms with van der Waals surface area (Å²) in [5.41, 5.74) is 1.68. The number of anilines is 1. The van der Waals surface area contributed by atoms with Crippen molar-refractivity contribution in [3.05, 3.63) is 29.8 Å². The predicted octanol–water partition coefficient (Wildman–Crippen LogP) is 2.91. The molecular formula is C18H27N3O3. The Balaban J connectivity index is 1.99. The second kappa shape index (κ2) is 8.15. The highest BCUT2D eigenvalue weighted by atomic mass is 16.5. The minimum Gasteiger partial charge on any atom is -0.372 e. The van der Waals surface area contributed by atoms with Crippen molar-refractivity contribution in [2.75, 3.05) is 18.4 Å². The third kappa shape index (κ3) is 4.96. The van der Waals surface area contributed by atoms with E-state index in [0.29, 0.717) is 13.1 Å². The van der Waals surface area contributed by atoms with Crippen molar-refractivity contribution < 1.29 is 14.3 Å². The van der Waals surface area contributed by atoms with Gasteiger partial charge in [-0.25, -0.2) is 4.79 Å². The largest absolute Gasteiger partial charge is 0.372 e. The number of carbonyl (C=O) groups excluding carboxylic acids is 2. The Bertz CT molecular complexity index is 591. The van der Waals surface area contributed by atoms with Crippen LogP contribution in [0.1, 0.15) is 45.7 Å². The summed E-state index contributed by atoms with van der Waals surface area (Å²) < 4.78 is 5.80. The van der Waals surface area contributed by atoms with Crippen LogP contribution < -0.4 is 10.6 Å². The lowest BCUT2D eigenvalue weighted by Crippen LogP contribution is -2.52. The van der Waals surface area contributed by atoms with Crippen LogP contribution in [0.4, 0.5) is 10.5 Å². The molecule has 0 aliphatic carbocycles. The lowest BCUT2D eigenvalue weighted by molar-refractivity contribution is -0.114. The summed E-state index contributed by atoms with van der Waals surface area (Å²) in [6.45, 7) is 8.68. The van der Waals surface area contributed by atoms with E-state index in [-0.39, 0.29) is 30.2 Å². The number of nitrogens with one attached hydrogen (secondary N) is 2. The number of amides is 3. The summed E-state index contributed by atoms with van der Waals surface area (Å²) in [6, 6.07) is 7.28. The topological polar surface area (TPSA) is 70.7 Å². The molecule has 3 amide bonds. The van der Waals surface area contributed by atoms with Gasteiger partial charge in [0.1, 0.15) is 0 Å². The van der Waals surface area contributed by atoms with E-state index in [2.05, 4.69) is 17.6 Å². The highest BCUT2D eigenvalue weighted by molar-refractivity contribution is 5.88. The molecule has 0 bridgehead atoms. The predicted molar refractivity (Wildman–Crippen MR) is 93.9 cm³/mol. The minimum atomic E-state index is -0.149. The molecule has 1 aliphatic heterocycles. The number of carbonyl (C=O) groups is 2. The Morgan fingerprint density at radius 2 is 2.12 bits per heavy atom. The zero-order valence-corrected chi connectivity index (χ0v) is 14.8. The number of ether oxygens (including phenoxy) is 1. The van der Waals surface area contributed by atoms with E-state index in [4.69, 9.17) is 4.74 Å². The average Bonchev–Trinajstić information content (AvgIpc) is 2.53. The van der Waals surface area contributed by atoms with Gasteiger partial charge in [-0.05, 0) is 38.0 Å². The van der Waals surface area contributed by atoms with Crippen LogP contribution in [0.5, 0.6) is 0 Å². The SMILES string of the molecule is CC[C@@H]1CN(C(=O)N[C@@H](C)c2cccc(NC(C)=O)c2)C[C@H](C)O1. The number of rotatable bonds is 4. The summed E-state index contributed by atoms with van der Waals surface area (Å²) in [5.74, 6) is -0.114. The third-order valence-corrected chi connectivity index (χ3v) is 4.12. The number of morpholine rings is 1. The smallest absolute Gasteiger partial charge is 0.318 e. The number of benzene rings is 1. The second-order valence-corrected chi connectivity index (χ2v) is 6.36. The summed E-state index contributed by atoms with van der Waals surface area (Å²) in [6.07, 6.45) is 1.04. The number of hydrogen-bond donors (Lipinski definition) is 2. The summed E-state index contributed by atoms with van der Waals surface area (Å²) >= 11 is 0. The van der Waals surface area contributed by atoms with Crippen molar-refractivity contribution in [2.24, 2.45) is 0 Å². The van der Waals surface area contributed by atoms with Gasteiger partial charge in [0.2, 0.25) is 5.91 Å². The van der Waals surface area contributed by atoms with Crippen LogP contribution in [0.15, 0.2) is 24.3 Å². The number of nitrogens with zero attached hydrogens (tertiary/aromatic N) is 1. The van der Waals surface area contributed by atoms with Crippen LogP contribution in [0.3, 0.4) is 0 Å². The maximum Gasteiger partial charge on any atom is 0.318 e. The van der Waals surface area contributed by atoms with Gasteiger partial charge in [0, 0.05) is 25.7 Å². The van der Waals surface area contributed by atoms with E-state index in [9.17, 15) is 9.59 Å². The molecule has 1 heterocycles. The van der Waals surface area contributed by atoms with Crippen LogP contribution in [0, 0.1) is 0 Å². The Kier molecular flexibility index (Phi) is 6.20. The van der Waals surface area contributed by atoms with Crippen molar-refractivity contribution in [1.29, 1.82) is 0 Å². The van der Waals surface area contributed by atoms with Gasteiger partial charge in [-0.3, -0.25) is 4.79 Å². The van der Waals surface area contributed by atoms with Crippen molar-refractivity contribution in [2.45, 2.75) is 52.4 Å².